The maximum absolute atomic E-state index is 12.1. The second kappa shape index (κ2) is 6.52. The van der Waals surface area contributed by atoms with E-state index in [1.54, 1.807) is 5.38 Å². The van der Waals surface area contributed by atoms with Crippen molar-refractivity contribution in [1.82, 2.24) is 10.3 Å². The molecule has 0 spiro atoms. The summed E-state index contributed by atoms with van der Waals surface area (Å²) in [4.78, 5) is 25.7. The molecule has 0 aliphatic carbocycles. The molecule has 4 nitrogen and oxygen atoms in total. The average molecular weight is 290 g/mol. The third-order valence-electron chi connectivity index (χ3n) is 3.31. The predicted octanol–water partition coefficient (Wildman–Crippen LogP) is 2.42. The molecule has 0 radical (unpaired) electrons. The summed E-state index contributed by atoms with van der Waals surface area (Å²) in [5.41, 5.74) is 3.00. The van der Waals surface area contributed by atoms with E-state index in [9.17, 15) is 9.59 Å². The van der Waals surface area contributed by atoms with Gasteiger partial charge in [-0.1, -0.05) is 42.5 Å². The fraction of sp³-hybridized carbons (Fsp3) is 0.333. The smallest absolute Gasteiger partial charge is 0.304 e. The van der Waals surface area contributed by atoms with Crippen molar-refractivity contribution in [3.63, 3.8) is 0 Å². The first kappa shape index (κ1) is 14.5. The van der Waals surface area contributed by atoms with Crippen LogP contribution in [-0.4, -0.2) is 10.9 Å². The van der Waals surface area contributed by atoms with E-state index in [0.717, 1.165) is 29.0 Å². The van der Waals surface area contributed by atoms with Gasteiger partial charge in [0.05, 0.1) is 12.5 Å². The van der Waals surface area contributed by atoms with Gasteiger partial charge in [0.25, 0.3) is 0 Å². The highest BCUT2D eigenvalue weighted by Gasteiger charge is 2.14. The second-order valence-electron chi connectivity index (χ2n) is 4.71. The molecule has 1 aromatic carbocycles. The molecule has 1 atom stereocenters. The van der Waals surface area contributed by atoms with Gasteiger partial charge >= 0.3 is 4.87 Å². The number of hydrogen-bond acceptors (Lipinski definition) is 3. The van der Waals surface area contributed by atoms with Crippen LogP contribution in [0.25, 0.3) is 0 Å². The van der Waals surface area contributed by atoms with Gasteiger partial charge in [0, 0.05) is 11.1 Å². The van der Waals surface area contributed by atoms with E-state index in [-0.39, 0.29) is 16.7 Å². The Bertz CT molecular complexity index is 628. The van der Waals surface area contributed by atoms with Crippen molar-refractivity contribution in [2.75, 3.05) is 0 Å². The summed E-state index contributed by atoms with van der Waals surface area (Å²) in [5, 5.41) is 4.56. The molecule has 0 aliphatic rings. The zero-order valence-corrected chi connectivity index (χ0v) is 12.4. The molecular formula is C15H18N2O2S. The molecule has 106 valence electrons. The Morgan fingerprint density at radius 1 is 1.35 bits per heavy atom. The Kier molecular flexibility index (Phi) is 4.74. The van der Waals surface area contributed by atoms with Gasteiger partial charge in [-0.15, -0.1) is 0 Å². The first-order valence-corrected chi connectivity index (χ1v) is 7.51. The molecule has 0 aliphatic heterocycles. The van der Waals surface area contributed by atoms with Crippen LogP contribution in [0.3, 0.4) is 0 Å². The van der Waals surface area contributed by atoms with E-state index in [1.165, 1.54) is 5.56 Å². The van der Waals surface area contributed by atoms with Crippen molar-refractivity contribution in [3.8, 4) is 0 Å². The number of benzene rings is 1. The molecule has 1 amide bonds. The van der Waals surface area contributed by atoms with Gasteiger partial charge in [-0.05, 0) is 24.5 Å². The quantitative estimate of drug-likeness (QED) is 0.888. The van der Waals surface area contributed by atoms with Gasteiger partial charge in [0.1, 0.15) is 0 Å². The fourth-order valence-corrected chi connectivity index (χ4v) is 2.51. The van der Waals surface area contributed by atoms with Gasteiger partial charge < -0.3 is 10.3 Å². The van der Waals surface area contributed by atoms with Crippen LogP contribution >= 0.6 is 11.3 Å². The van der Waals surface area contributed by atoms with Crippen molar-refractivity contribution in [2.45, 2.75) is 32.7 Å². The molecular weight excluding hydrogens is 272 g/mol. The summed E-state index contributed by atoms with van der Waals surface area (Å²) in [7, 11) is 0. The van der Waals surface area contributed by atoms with Gasteiger partial charge in [-0.2, -0.15) is 0 Å². The van der Waals surface area contributed by atoms with Crippen LogP contribution in [0.5, 0.6) is 0 Å². The molecule has 20 heavy (non-hydrogen) atoms. The summed E-state index contributed by atoms with van der Waals surface area (Å²) in [6.07, 6.45) is 0.992. The number of nitrogens with one attached hydrogen (secondary N) is 2. The lowest BCUT2D eigenvalue weighted by Crippen LogP contribution is -2.27. The standard InChI is InChI=1S/C15H18N2O2S/c1-3-11-4-6-12(7-5-11)10(2)14(18)16-8-13-9-20-15(19)17-13/h4-7,9-10H,3,8H2,1-2H3,(H,16,18)(H,17,19). The van der Waals surface area contributed by atoms with Crippen molar-refractivity contribution >= 4 is 17.2 Å². The summed E-state index contributed by atoms with van der Waals surface area (Å²) < 4.78 is 0. The molecule has 2 aromatic rings. The van der Waals surface area contributed by atoms with Crippen LogP contribution in [0.4, 0.5) is 0 Å². The van der Waals surface area contributed by atoms with Crippen LogP contribution < -0.4 is 10.2 Å². The second-order valence-corrected chi connectivity index (χ2v) is 5.55. The molecule has 0 saturated heterocycles. The number of carbonyl (C=O) groups is 1. The van der Waals surface area contributed by atoms with Crippen molar-refractivity contribution in [3.05, 3.63) is 56.1 Å². The van der Waals surface area contributed by atoms with Crippen LogP contribution in [0, 0.1) is 0 Å². The van der Waals surface area contributed by atoms with Crippen molar-refractivity contribution in [1.29, 1.82) is 0 Å². The number of aromatic amines is 1. The maximum atomic E-state index is 12.1. The minimum Gasteiger partial charge on any atom is -0.350 e. The predicted molar refractivity (Wildman–Crippen MR) is 81.0 cm³/mol. The summed E-state index contributed by atoms with van der Waals surface area (Å²) >= 11 is 1.10. The van der Waals surface area contributed by atoms with E-state index in [4.69, 9.17) is 0 Å². The SMILES string of the molecule is CCc1ccc(C(C)C(=O)NCc2csc(=O)[nH]2)cc1. The van der Waals surface area contributed by atoms with E-state index >= 15 is 0 Å². The summed E-state index contributed by atoms with van der Waals surface area (Å²) in [6.45, 7) is 4.34. The Labute approximate surface area is 121 Å². The van der Waals surface area contributed by atoms with Crippen molar-refractivity contribution in [2.24, 2.45) is 0 Å². The third kappa shape index (κ3) is 3.57. The normalized spacial score (nSPS) is 12.1. The number of hydrogen-bond donors (Lipinski definition) is 2. The van der Waals surface area contributed by atoms with Gasteiger partial charge in [-0.25, -0.2) is 0 Å². The van der Waals surface area contributed by atoms with Crippen LogP contribution in [0.2, 0.25) is 0 Å². The topological polar surface area (TPSA) is 62.0 Å². The third-order valence-corrected chi connectivity index (χ3v) is 4.02. The molecule has 0 fully saturated rings. The fourth-order valence-electron chi connectivity index (χ4n) is 1.93. The zero-order chi connectivity index (χ0) is 14.5. The number of rotatable bonds is 5. The average Bonchev–Trinajstić information content (AvgIpc) is 2.89. The van der Waals surface area contributed by atoms with E-state index < -0.39 is 0 Å². The highest BCUT2D eigenvalue weighted by molar-refractivity contribution is 7.07. The van der Waals surface area contributed by atoms with Crippen LogP contribution in [0.15, 0.2) is 34.4 Å². The van der Waals surface area contributed by atoms with Crippen LogP contribution in [0.1, 0.15) is 36.6 Å². The molecule has 2 N–H and O–H groups in total. The lowest BCUT2D eigenvalue weighted by Gasteiger charge is -2.12. The maximum Gasteiger partial charge on any atom is 0.304 e. The number of amides is 1. The molecule has 1 unspecified atom stereocenters. The first-order valence-electron chi connectivity index (χ1n) is 6.63. The lowest BCUT2D eigenvalue weighted by molar-refractivity contribution is -0.122. The zero-order valence-electron chi connectivity index (χ0n) is 11.6. The van der Waals surface area contributed by atoms with Gasteiger partial charge in [0.2, 0.25) is 5.91 Å². The number of carbonyl (C=O) groups excluding carboxylic acids is 1. The minimum atomic E-state index is -0.203. The molecule has 1 aromatic heterocycles. The van der Waals surface area contributed by atoms with Crippen molar-refractivity contribution < 1.29 is 4.79 Å². The summed E-state index contributed by atoms with van der Waals surface area (Å²) in [5.74, 6) is -0.243. The summed E-state index contributed by atoms with van der Waals surface area (Å²) in [6, 6.07) is 8.09. The number of aromatic nitrogens is 1. The Morgan fingerprint density at radius 3 is 2.60 bits per heavy atom. The molecule has 0 bridgehead atoms. The van der Waals surface area contributed by atoms with E-state index in [2.05, 4.69) is 29.4 Å². The largest absolute Gasteiger partial charge is 0.350 e. The molecule has 0 saturated carbocycles. The van der Waals surface area contributed by atoms with Gasteiger partial charge in [-0.3, -0.25) is 9.59 Å². The molecule has 2 rings (SSSR count). The lowest BCUT2D eigenvalue weighted by atomic mass is 9.98. The number of H-pyrrole nitrogens is 1. The first-order chi connectivity index (χ1) is 9.60. The van der Waals surface area contributed by atoms with E-state index in [1.807, 2.05) is 19.1 Å². The minimum absolute atomic E-state index is 0.0405. The Morgan fingerprint density at radius 2 is 2.05 bits per heavy atom. The molecule has 5 heteroatoms. The Balaban J connectivity index is 1.95. The monoisotopic (exact) mass is 290 g/mol. The Hall–Kier alpha value is -1.88. The highest BCUT2D eigenvalue weighted by Crippen LogP contribution is 2.16. The highest BCUT2D eigenvalue weighted by atomic mass is 32.1. The number of thiazole rings is 1. The van der Waals surface area contributed by atoms with Gasteiger partial charge in [0.15, 0.2) is 0 Å². The van der Waals surface area contributed by atoms with Crippen LogP contribution in [-0.2, 0) is 17.8 Å². The van der Waals surface area contributed by atoms with E-state index in [0.29, 0.717) is 6.54 Å². The molecule has 1 heterocycles. The number of aryl methyl sites for hydroxylation is 1.